The normalized spacial score (nSPS) is 12.5. The second-order valence-corrected chi connectivity index (χ2v) is 5.00. The maximum absolute atomic E-state index is 12.0. The van der Waals surface area contributed by atoms with Gasteiger partial charge in [-0.1, -0.05) is 13.8 Å². The molecule has 0 radical (unpaired) electrons. The van der Waals surface area contributed by atoms with Gasteiger partial charge >= 0.3 is 5.97 Å². The summed E-state index contributed by atoms with van der Waals surface area (Å²) in [6.07, 6.45) is 0.416. The van der Waals surface area contributed by atoms with Gasteiger partial charge in [0, 0.05) is 5.69 Å². The van der Waals surface area contributed by atoms with E-state index in [1.165, 1.54) is 0 Å². The fourth-order valence-electron chi connectivity index (χ4n) is 1.89. The van der Waals surface area contributed by atoms with Crippen molar-refractivity contribution in [1.29, 1.82) is 0 Å². The molecule has 0 spiro atoms. The maximum atomic E-state index is 12.0. The van der Waals surface area contributed by atoms with E-state index >= 15 is 0 Å². The van der Waals surface area contributed by atoms with Gasteiger partial charge in [0.25, 0.3) is 5.91 Å². The first kappa shape index (κ1) is 14.3. The highest BCUT2D eigenvalue weighted by molar-refractivity contribution is 5.96. The van der Waals surface area contributed by atoms with Crippen LogP contribution < -0.4 is 5.32 Å². The standard InChI is InChI=1S/C13H20N2O3/c1-7(2)5-10(13(17)18)15-12(16)11-8(3)6-9(4)14-11/h6-7,10,14H,5H2,1-4H3,(H,15,16)(H,17,18)/t10-/m1/s1. The van der Waals surface area contributed by atoms with Crippen molar-refractivity contribution in [3.05, 3.63) is 23.0 Å². The summed E-state index contributed by atoms with van der Waals surface area (Å²) in [5, 5.41) is 11.6. The lowest BCUT2D eigenvalue weighted by atomic mass is 10.0. The lowest BCUT2D eigenvalue weighted by Crippen LogP contribution is -2.42. The molecule has 0 aliphatic carbocycles. The second kappa shape index (κ2) is 5.71. The van der Waals surface area contributed by atoms with E-state index in [9.17, 15) is 9.59 Å². The van der Waals surface area contributed by atoms with Crippen LogP contribution in [0, 0.1) is 19.8 Å². The highest BCUT2D eigenvalue weighted by atomic mass is 16.4. The molecular formula is C13H20N2O3. The Labute approximate surface area is 107 Å². The number of rotatable bonds is 5. The van der Waals surface area contributed by atoms with Crippen LogP contribution in [-0.4, -0.2) is 28.0 Å². The van der Waals surface area contributed by atoms with E-state index in [1.54, 1.807) is 0 Å². The molecule has 1 rings (SSSR count). The van der Waals surface area contributed by atoms with Crippen LogP contribution in [0.25, 0.3) is 0 Å². The van der Waals surface area contributed by atoms with Crippen molar-refractivity contribution in [2.45, 2.75) is 40.2 Å². The molecule has 0 aromatic carbocycles. The van der Waals surface area contributed by atoms with Crippen LogP contribution >= 0.6 is 0 Å². The van der Waals surface area contributed by atoms with Gasteiger partial charge in [0.15, 0.2) is 0 Å². The smallest absolute Gasteiger partial charge is 0.326 e. The van der Waals surface area contributed by atoms with Crippen LogP contribution in [0.3, 0.4) is 0 Å². The zero-order valence-electron chi connectivity index (χ0n) is 11.2. The first-order chi connectivity index (χ1) is 8.31. The predicted octanol–water partition coefficient (Wildman–Crippen LogP) is 1.86. The van der Waals surface area contributed by atoms with Crippen molar-refractivity contribution < 1.29 is 14.7 Å². The minimum atomic E-state index is -1.00. The number of nitrogens with one attached hydrogen (secondary N) is 2. The van der Waals surface area contributed by atoms with Crippen molar-refractivity contribution in [1.82, 2.24) is 10.3 Å². The Morgan fingerprint density at radius 2 is 2.00 bits per heavy atom. The second-order valence-electron chi connectivity index (χ2n) is 5.00. The van der Waals surface area contributed by atoms with E-state index in [0.29, 0.717) is 12.1 Å². The summed E-state index contributed by atoms with van der Waals surface area (Å²) in [6.45, 7) is 7.52. The van der Waals surface area contributed by atoms with Crippen molar-refractivity contribution in [2.24, 2.45) is 5.92 Å². The lowest BCUT2D eigenvalue weighted by molar-refractivity contribution is -0.139. The molecule has 5 nitrogen and oxygen atoms in total. The predicted molar refractivity (Wildman–Crippen MR) is 68.6 cm³/mol. The van der Waals surface area contributed by atoms with E-state index in [-0.39, 0.29) is 11.8 Å². The Kier molecular flexibility index (Phi) is 4.53. The molecule has 18 heavy (non-hydrogen) atoms. The van der Waals surface area contributed by atoms with E-state index in [0.717, 1.165) is 11.3 Å². The summed E-state index contributed by atoms with van der Waals surface area (Å²) >= 11 is 0. The molecule has 1 atom stereocenters. The van der Waals surface area contributed by atoms with Gasteiger partial charge in [-0.25, -0.2) is 4.79 Å². The number of amides is 1. The summed E-state index contributed by atoms with van der Waals surface area (Å²) in [4.78, 5) is 26.0. The van der Waals surface area contributed by atoms with Gasteiger partial charge < -0.3 is 15.4 Å². The van der Waals surface area contributed by atoms with E-state index in [2.05, 4.69) is 10.3 Å². The first-order valence-electron chi connectivity index (χ1n) is 6.01. The molecule has 5 heteroatoms. The number of carbonyl (C=O) groups is 2. The third kappa shape index (κ3) is 3.61. The number of carboxylic acid groups (broad SMARTS) is 1. The Morgan fingerprint density at radius 1 is 1.39 bits per heavy atom. The third-order valence-corrected chi connectivity index (χ3v) is 2.69. The third-order valence-electron chi connectivity index (χ3n) is 2.69. The molecule has 100 valence electrons. The maximum Gasteiger partial charge on any atom is 0.326 e. The van der Waals surface area contributed by atoms with Gasteiger partial charge in [0.2, 0.25) is 0 Å². The number of carbonyl (C=O) groups excluding carboxylic acids is 1. The van der Waals surface area contributed by atoms with Crippen molar-refractivity contribution >= 4 is 11.9 Å². The molecule has 0 fully saturated rings. The Morgan fingerprint density at radius 3 is 2.39 bits per heavy atom. The molecule has 0 aliphatic rings. The Bertz CT molecular complexity index is 449. The van der Waals surface area contributed by atoms with Crippen molar-refractivity contribution in [3.8, 4) is 0 Å². The quantitative estimate of drug-likeness (QED) is 0.748. The molecule has 3 N–H and O–H groups in total. The van der Waals surface area contributed by atoms with Gasteiger partial charge in [0.05, 0.1) is 0 Å². The van der Waals surface area contributed by atoms with E-state index in [1.807, 2.05) is 33.8 Å². The van der Waals surface area contributed by atoms with Crippen LogP contribution in [0.5, 0.6) is 0 Å². The SMILES string of the molecule is Cc1cc(C)c(C(=O)N[C@H](CC(C)C)C(=O)O)[nH]1. The number of aromatic amines is 1. The molecule has 1 aromatic rings. The molecule has 0 saturated carbocycles. The minimum Gasteiger partial charge on any atom is -0.480 e. The van der Waals surface area contributed by atoms with E-state index < -0.39 is 12.0 Å². The number of aliphatic carboxylic acids is 1. The number of aryl methyl sites for hydroxylation is 2. The van der Waals surface area contributed by atoms with Crippen LogP contribution in [0.15, 0.2) is 6.07 Å². The van der Waals surface area contributed by atoms with Gasteiger partial charge in [-0.05, 0) is 37.8 Å². The highest BCUT2D eigenvalue weighted by Gasteiger charge is 2.23. The van der Waals surface area contributed by atoms with Crippen LogP contribution in [-0.2, 0) is 4.79 Å². The summed E-state index contributed by atoms with van der Waals surface area (Å²) in [6, 6.07) is 1.01. The van der Waals surface area contributed by atoms with Gasteiger partial charge in [-0.3, -0.25) is 4.79 Å². The number of hydrogen-bond acceptors (Lipinski definition) is 2. The molecule has 1 heterocycles. The number of carboxylic acids is 1. The monoisotopic (exact) mass is 252 g/mol. The Balaban J connectivity index is 2.78. The molecule has 1 amide bonds. The topological polar surface area (TPSA) is 82.2 Å². The van der Waals surface area contributed by atoms with E-state index in [4.69, 9.17) is 5.11 Å². The zero-order chi connectivity index (χ0) is 13.9. The fraction of sp³-hybridized carbons (Fsp3) is 0.538. The largest absolute Gasteiger partial charge is 0.480 e. The number of hydrogen-bond donors (Lipinski definition) is 3. The Hall–Kier alpha value is -1.78. The summed E-state index contributed by atoms with van der Waals surface area (Å²) < 4.78 is 0. The van der Waals surface area contributed by atoms with Crippen molar-refractivity contribution in [3.63, 3.8) is 0 Å². The van der Waals surface area contributed by atoms with Gasteiger partial charge in [-0.15, -0.1) is 0 Å². The molecule has 0 unspecified atom stereocenters. The van der Waals surface area contributed by atoms with Crippen LogP contribution in [0.1, 0.15) is 42.0 Å². The highest BCUT2D eigenvalue weighted by Crippen LogP contribution is 2.10. The van der Waals surface area contributed by atoms with Crippen LogP contribution in [0.2, 0.25) is 0 Å². The van der Waals surface area contributed by atoms with Crippen LogP contribution in [0.4, 0.5) is 0 Å². The summed E-state index contributed by atoms with van der Waals surface area (Å²) in [5.74, 6) is -1.16. The number of H-pyrrole nitrogens is 1. The minimum absolute atomic E-state index is 0.206. The summed E-state index contributed by atoms with van der Waals surface area (Å²) in [5.41, 5.74) is 2.13. The number of aromatic nitrogens is 1. The molecule has 1 aromatic heterocycles. The first-order valence-corrected chi connectivity index (χ1v) is 6.01. The lowest BCUT2D eigenvalue weighted by Gasteiger charge is -2.16. The molecular weight excluding hydrogens is 232 g/mol. The molecule has 0 saturated heterocycles. The molecule has 0 aliphatic heterocycles. The van der Waals surface area contributed by atoms with Gasteiger partial charge in [-0.2, -0.15) is 0 Å². The van der Waals surface area contributed by atoms with Crippen molar-refractivity contribution in [2.75, 3.05) is 0 Å². The van der Waals surface area contributed by atoms with Gasteiger partial charge in [0.1, 0.15) is 11.7 Å². The average Bonchev–Trinajstić information content (AvgIpc) is 2.56. The fourth-order valence-corrected chi connectivity index (χ4v) is 1.89. The summed E-state index contributed by atoms with van der Waals surface area (Å²) in [7, 11) is 0. The molecule has 0 bridgehead atoms. The average molecular weight is 252 g/mol. The zero-order valence-corrected chi connectivity index (χ0v) is 11.2.